The van der Waals surface area contributed by atoms with E-state index in [4.69, 9.17) is 11.6 Å². The van der Waals surface area contributed by atoms with Gasteiger partial charge in [-0.3, -0.25) is 4.79 Å². The quantitative estimate of drug-likeness (QED) is 0.335. The molecule has 3 rings (SSSR count). The second-order valence-corrected chi connectivity index (χ2v) is 10.3. The van der Waals surface area contributed by atoms with Gasteiger partial charge in [-0.15, -0.1) is 0 Å². The lowest BCUT2D eigenvalue weighted by Crippen LogP contribution is -2.39. The maximum absolute atomic E-state index is 13.2. The van der Waals surface area contributed by atoms with Crippen LogP contribution in [0, 0.1) is 6.92 Å². The first kappa shape index (κ1) is 24.1. The molecular formula is C23H21BrClN3O3S. The Hall–Kier alpha value is -2.52. The van der Waals surface area contributed by atoms with Crippen molar-refractivity contribution in [3.8, 4) is 0 Å². The molecule has 166 valence electrons. The minimum Gasteiger partial charge on any atom is -0.272 e. The molecule has 1 N–H and O–H groups in total. The highest BCUT2D eigenvalue weighted by atomic mass is 79.9. The number of sulfonamides is 1. The number of benzene rings is 3. The molecule has 9 heteroatoms. The third kappa shape index (κ3) is 6.49. The van der Waals surface area contributed by atoms with Crippen molar-refractivity contribution in [1.82, 2.24) is 9.73 Å². The molecule has 0 aliphatic carbocycles. The van der Waals surface area contributed by atoms with Crippen molar-refractivity contribution < 1.29 is 13.2 Å². The Labute approximate surface area is 201 Å². The van der Waals surface area contributed by atoms with Gasteiger partial charge < -0.3 is 0 Å². The lowest BCUT2D eigenvalue weighted by atomic mass is 10.1. The van der Waals surface area contributed by atoms with E-state index in [9.17, 15) is 13.2 Å². The first-order valence-electron chi connectivity index (χ1n) is 9.63. The summed E-state index contributed by atoms with van der Waals surface area (Å²) < 4.78 is 28.4. The van der Waals surface area contributed by atoms with E-state index in [2.05, 4.69) is 26.5 Å². The number of rotatable bonds is 8. The van der Waals surface area contributed by atoms with Crippen molar-refractivity contribution in [1.29, 1.82) is 0 Å². The van der Waals surface area contributed by atoms with Crippen molar-refractivity contribution >= 4 is 49.7 Å². The summed E-state index contributed by atoms with van der Waals surface area (Å²) in [5.41, 5.74) is 4.99. The molecule has 32 heavy (non-hydrogen) atoms. The zero-order valence-corrected chi connectivity index (χ0v) is 20.4. The molecule has 0 heterocycles. The van der Waals surface area contributed by atoms with Crippen LogP contribution in [-0.4, -0.2) is 31.4 Å². The highest BCUT2D eigenvalue weighted by Crippen LogP contribution is 2.21. The van der Waals surface area contributed by atoms with Crippen molar-refractivity contribution in [3.05, 3.63) is 99.0 Å². The fourth-order valence-corrected chi connectivity index (χ4v) is 4.73. The lowest BCUT2D eigenvalue weighted by Gasteiger charge is -2.21. The molecule has 0 unspecified atom stereocenters. The van der Waals surface area contributed by atoms with Gasteiger partial charge >= 0.3 is 0 Å². The molecular weight excluding hydrogens is 514 g/mol. The standard InChI is InChI=1S/C23H21BrClN3O3S/c1-17-6-8-18(9-7-17)15-28(32(30,31)21-12-10-20(25)11-13-21)16-23(29)27-26-14-19-4-2-3-5-22(19)24/h2-14H,15-16H2,1H3,(H,27,29)/b26-14-. The van der Waals surface area contributed by atoms with E-state index in [1.165, 1.54) is 30.5 Å². The number of carbonyl (C=O) groups excluding carboxylic acids is 1. The molecule has 3 aromatic rings. The molecule has 6 nitrogen and oxygen atoms in total. The van der Waals surface area contributed by atoms with Crippen molar-refractivity contribution in [3.63, 3.8) is 0 Å². The third-order valence-electron chi connectivity index (χ3n) is 4.55. The maximum Gasteiger partial charge on any atom is 0.255 e. The molecule has 0 radical (unpaired) electrons. The van der Waals surface area contributed by atoms with Crippen LogP contribution in [-0.2, 0) is 21.4 Å². The van der Waals surface area contributed by atoms with E-state index in [1.807, 2.05) is 55.5 Å². The third-order valence-corrected chi connectivity index (χ3v) is 7.33. The van der Waals surface area contributed by atoms with Crippen LogP contribution in [0.1, 0.15) is 16.7 Å². The van der Waals surface area contributed by atoms with Gasteiger partial charge in [0.25, 0.3) is 5.91 Å². The summed E-state index contributed by atoms with van der Waals surface area (Å²) in [6, 6.07) is 20.7. The number of nitrogens with one attached hydrogen (secondary N) is 1. The number of amides is 1. The number of aryl methyl sites for hydroxylation is 1. The highest BCUT2D eigenvalue weighted by Gasteiger charge is 2.27. The Bertz CT molecular complexity index is 1210. The van der Waals surface area contributed by atoms with E-state index in [1.54, 1.807) is 0 Å². The minimum absolute atomic E-state index is 0.0343. The summed E-state index contributed by atoms with van der Waals surface area (Å²) >= 11 is 9.30. The number of hydrazone groups is 1. The van der Waals surface area contributed by atoms with Crippen LogP contribution in [0.4, 0.5) is 0 Å². The van der Waals surface area contributed by atoms with Crippen LogP contribution in [0.3, 0.4) is 0 Å². The van der Waals surface area contributed by atoms with Crippen molar-refractivity contribution in [2.45, 2.75) is 18.4 Å². The number of halogens is 2. The molecule has 0 saturated carbocycles. The number of nitrogens with zero attached hydrogens (tertiary/aromatic N) is 2. The van der Waals surface area contributed by atoms with Gasteiger partial charge in [0.1, 0.15) is 0 Å². The summed E-state index contributed by atoms with van der Waals surface area (Å²) in [5.74, 6) is -0.557. The van der Waals surface area contributed by atoms with E-state index < -0.39 is 22.5 Å². The molecule has 0 aromatic heterocycles. The average Bonchev–Trinajstić information content (AvgIpc) is 2.76. The van der Waals surface area contributed by atoms with Crippen LogP contribution in [0.15, 0.2) is 87.3 Å². The van der Waals surface area contributed by atoms with Gasteiger partial charge in [0.2, 0.25) is 10.0 Å². The molecule has 0 atom stereocenters. The number of hydrogen-bond donors (Lipinski definition) is 1. The van der Waals surface area contributed by atoms with Crippen LogP contribution < -0.4 is 5.43 Å². The fraction of sp³-hybridized carbons (Fsp3) is 0.130. The predicted molar refractivity (Wildman–Crippen MR) is 130 cm³/mol. The Kier molecular flexibility index (Phi) is 8.20. The normalized spacial score (nSPS) is 11.8. The fourth-order valence-electron chi connectivity index (χ4n) is 2.83. The molecule has 3 aromatic carbocycles. The van der Waals surface area contributed by atoms with E-state index >= 15 is 0 Å². The summed E-state index contributed by atoms with van der Waals surface area (Å²) in [6.45, 7) is 1.58. The van der Waals surface area contributed by atoms with Gasteiger partial charge in [-0.05, 0) is 42.8 Å². The first-order valence-corrected chi connectivity index (χ1v) is 12.2. The topological polar surface area (TPSA) is 78.8 Å². The zero-order chi connectivity index (χ0) is 23.1. The van der Waals surface area contributed by atoms with Crippen molar-refractivity contribution in [2.24, 2.45) is 5.10 Å². The van der Waals surface area contributed by atoms with E-state index in [-0.39, 0.29) is 11.4 Å². The van der Waals surface area contributed by atoms with Gasteiger partial charge in [-0.2, -0.15) is 9.41 Å². The number of hydrogen-bond acceptors (Lipinski definition) is 4. The Morgan fingerprint density at radius 2 is 1.72 bits per heavy atom. The molecule has 0 spiro atoms. The SMILES string of the molecule is Cc1ccc(CN(CC(=O)N/N=C\c2ccccc2Br)S(=O)(=O)c2ccc(Cl)cc2)cc1. The van der Waals surface area contributed by atoms with Gasteiger partial charge in [0.15, 0.2) is 0 Å². The Balaban J connectivity index is 1.80. The van der Waals surface area contributed by atoms with Crippen LogP contribution in [0.2, 0.25) is 5.02 Å². The predicted octanol–water partition coefficient (Wildman–Crippen LogP) is 4.75. The molecule has 1 amide bonds. The molecule has 0 saturated heterocycles. The monoisotopic (exact) mass is 533 g/mol. The average molecular weight is 535 g/mol. The lowest BCUT2D eigenvalue weighted by molar-refractivity contribution is -0.121. The van der Waals surface area contributed by atoms with Gasteiger partial charge in [0, 0.05) is 21.6 Å². The molecule has 0 bridgehead atoms. The second kappa shape index (κ2) is 10.9. The van der Waals surface area contributed by atoms with Gasteiger partial charge in [-0.25, -0.2) is 13.8 Å². The first-order chi connectivity index (χ1) is 15.3. The van der Waals surface area contributed by atoms with Crippen LogP contribution in [0.25, 0.3) is 0 Å². The van der Waals surface area contributed by atoms with E-state index in [0.717, 1.165) is 25.5 Å². The second-order valence-electron chi connectivity index (χ2n) is 7.03. The van der Waals surface area contributed by atoms with Crippen LogP contribution >= 0.6 is 27.5 Å². The summed E-state index contributed by atoms with van der Waals surface area (Å²) in [4.78, 5) is 12.6. The molecule has 0 aliphatic heterocycles. The summed E-state index contributed by atoms with van der Waals surface area (Å²) in [6.07, 6.45) is 1.49. The molecule has 0 aliphatic rings. The highest BCUT2D eigenvalue weighted by molar-refractivity contribution is 9.10. The van der Waals surface area contributed by atoms with Gasteiger partial charge in [-0.1, -0.05) is 75.6 Å². The summed E-state index contributed by atoms with van der Waals surface area (Å²) in [5, 5.41) is 4.37. The van der Waals surface area contributed by atoms with E-state index in [0.29, 0.717) is 5.02 Å². The van der Waals surface area contributed by atoms with Crippen LogP contribution in [0.5, 0.6) is 0 Å². The minimum atomic E-state index is -3.95. The molecule has 0 fully saturated rings. The largest absolute Gasteiger partial charge is 0.272 e. The smallest absolute Gasteiger partial charge is 0.255 e. The van der Waals surface area contributed by atoms with Crippen molar-refractivity contribution in [2.75, 3.05) is 6.54 Å². The number of carbonyl (C=O) groups is 1. The zero-order valence-electron chi connectivity index (χ0n) is 17.2. The Morgan fingerprint density at radius 3 is 2.38 bits per heavy atom. The Morgan fingerprint density at radius 1 is 1.06 bits per heavy atom. The summed E-state index contributed by atoms with van der Waals surface area (Å²) in [7, 11) is -3.95. The maximum atomic E-state index is 13.2. The van der Waals surface area contributed by atoms with Gasteiger partial charge in [0.05, 0.1) is 17.7 Å².